The van der Waals surface area contributed by atoms with Gasteiger partial charge in [0.05, 0.1) is 0 Å². The molecule has 174 valence electrons. The summed E-state index contributed by atoms with van der Waals surface area (Å²) in [4.78, 5) is 30.6. The van der Waals surface area contributed by atoms with E-state index in [9.17, 15) is 14.0 Å². The quantitative estimate of drug-likeness (QED) is 0.458. The first-order valence-electron chi connectivity index (χ1n) is 10.8. The third-order valence-corrected chi connectivity index (χ3v) is 5.69. The van der Waals surface area contributed by atoms with Crippen molar-refractivity contribution in [1.82, 2.24) is 14.7 Å². The molecule has 0 fully saturated rings. The van der Waals surface area contributed by atoms with Crippen LogP contribution in [0.1, 0.15) is 27.9 Å². The number of aryl methyl sites for hydroxylation is 5. The lowest BCUT2D eigenvalue weighted by molar-refractivity contribution is -0.116. The van der Waals surface area contributed by atoms with Crippen LogP contribution in [0.15, 0.2) is 51.8 Å². The zero-order chi connectivity index (χ0) is 24.6. The number of pyridine rings is 1. The molecule has 0 unspecified atom stereocenters. The number of nitrogens with zero attached hydrogens (tertiary/aromatic N) is 3. The van der Waals surface area contributed by atoms with Crippen LogP contribution in [0.5, 0.6) is 0 Å². The first-order chi connectivity index (χ1) is 16.1. The number of anilines is 1. The first kappa shape index (κ1) is 23.1. The molecule has 0 spiro atoms. The predicted molar refractivity (Wildman–Crippen MR) is 128 cm³/mol. The molecule has 0 aliphatic heterocycles. The molecule has 0 aliphatic carbocycles. The number of hydrogen-bond donors (Lipinski definition) is 1. The van der Waals surface area contributed by atoms with Gasteiger partial charge in [0.15, 0.2) is 0 Å². The number of hydrogen-bond acceptors (Lipinski definition) is 5. The van der Waals surface area contributed by atoms with E-state index in [0.29, 0.717) is 16.8 Å². The fourth-order valence-electron chi connectivity index (χ4n) is 4.12. The summed E-state index contributed by atoms with van der Waals surface area (Å²) >= 11 is 0. The van der Waals surface area contributed by atoms with Crippen LogP contribution in [0.2, 0.25) is 0 Å². The minimum Gasteiger partial charge on any atom is -0.333 e. The van der Waals surface area contributed by atoms with E-state index in [2.05, 4.69) is 15.5 Å². The van der Waals surface area contributed by atoms with E-state index in [-0.39, 0.29) is 35.5 Å². The maximum atomic E-state index is 13.4. The molecule has 2 aromatic carbocycles. The van der Waals surface area contributed by atoms with Gasteiger partial charge in [0.2, 0.25) is 11.7 Å². The lowest BCUT2D eigenvalue weighted by Crippen LogP contribution is -2.31. The van der Waals surface area contributed by atoms with Crippen LogP contribution in [0.25, 0.3) is 22.8 Å². The van der Waals surface area contributed by atoms with Gasteiger partial charge in [0, 0.05) is 16.9 Å². The monoisotopic (exact) mass is 460 g/mol. The minimum atomic E-state index is -0.403. The molecule has 1 amide bonds. The topological polar surface area (TPSA) is 90.0 Å². The molecule has 34 heavy (non-hydrogen) atoms. The molecule has 2 heterocycles. The van der Waals surface area contributed by atoms with E-state index >= 15 is 0 Å². The van der Waals surface area contributed by atoms with Crippen molar-refractivity contribution in [3.8, 4) is 22.8 Å². The first-order valence-corrected chi connectivity index (χ1v) is 10.8. The summed E-state index contributed by atoms with van der Waals surface area (Å²) in [5.74, 6) is -0.406. The summed E-state index contributed by atoms with van der Waals surface area (Å²) in [6, 6.07) is 11.5. The molecular weight excluding hydrogens is 435 g/mol. The van der Waals surface area contributed by atoms with Crippen molar-refractivity contribution in [2.24, 2.45) is 0 Å². The number of carbonyl (C=O) groups is 1. The number of halogens is 1. The lowest BCUT2D eigenvalue weighted by atomic mass is 10.1. The van der Waals surface area contributed by atoms with Crippen LogP contribution in [-0.4, -0.2) is 20.6 Å². The fraction of sp³-hybridized carbons (Fsp3) is 0.231. The number of benzene rings is 2. The summed E-state index contributed by atoms with van der Waals surface area (Å²) in [5.41, 5.74) is 5.44. The van der Waals surface area contributed by atoms with E-state index in [0.717, 1.165) is 22.4 Å². The molecule has 7 nitrogen and oxygen atoms in total. The zero-order valence-electron chi connectivity index (χ0n) is 19.7. The second-order valence-electron chi connectivity index (χ2n) is 8.49. The van der Waals surface area contributed by atoms with Crippen LogP contribution in [0.3, 0.4) is 0 Å². The van der Waals surface area contributed by atoms with E-state index in [1.54, 1.807) is 19.9 Å². The van der Waals surface area contributed by atoms with Gasteiger partial charge >= 0.3 is 0 Å². The van der Waals surface area contributed by atoms with Crippen molar-refractivity contribution >= 4 is 11.6 Å². The molecule has 4 aromatic rings. The van der Waals surface area contributed by atoms with E-state index in [1.165, 1.54) is 28.8 Å². The average Bonchev–Trinajstić information content (AvgIpc) is 3.23. The molecule has 0 radical (unpaired) electrons. The van der Waals surface area contributed by atoms with E-state index in [1.807, 2.05) is 32.9 Å². The van der Waals surface area contributed by atoms with Crippen LogP contribution in [-0.2, 0) is 11.3 Å². The van der Waals surface area contributed by atoms with E-state index in [4.69, 9.17) is 4.52 Å². The number of nitrogens with one attached hydrogen (secondary N) is 1. The molecular formula is C26H25FN4O3. The highest BCUT2D eigenvalue weighted by molar-refractivity contribution is 5.92. The molecule has 8 heteroatoms. The van der Waals surface area contributed by atoms with Crippen LogP contribution < -0.4 is 10.9 Å². The maximum absolute atomic E-state index is 13.4. The second-order valence-corrected chi connectivity index (χ2v) is 8.49. The molecule has 4 rings (SSSR count). The van der Waals surface area contributed by atoms with Gasteiger partial charge in [-0.2, -0.15) is 4.98 Å². The van der Waals surface area contributed by atoms with Crippen LogP contribution in [0, 0.1) is 40.4 Å². The van der Waals surface area contributed by atoms with Crippen molar-refractivity contribution in [2.45, 2.75) is 41.2 Å². The van der Waals surface area contributed by atoms with Gasteiger partial charge in [0.1, 0.15) is 17.9 Å². The normalized spacial score (nSPS) is 11.0. The Hall–Kier alpha value is -4.07. The number of carbonyl (C=O) groups excluding carboxylic acids is 1. The van der Waals surface area contributed by atoms with Crippen molar-refractivity contribution in [2.75, 3.05) is 5.32 Å². The summed E-state index contributed by atoms with van der Waals surface area (Å²) in [7, 11) is 0. The molecule has 0 aliphatic rings. The number of aromatic nitrogens is 3. The minimum absolute atomic E-state index is 0.0428. The summed E-state index contributed by atoms with van der Waals surface area (Å²) in [6.07, 6.45) is 0. The standard InChI is InChI=1S/C26H25FN4O3/c1-14-10-16(3)23(17(4)11-14)28-21(32)13-31-18(5)12-15(2)22(26(31)33)25-29-24(30-34-25)19-6-8-20(27)9-7-19/h6-12H,13H2,1-5H3,(H,28,32). The molecule has 0 saturated carbocycles. The molecule has 0 saturated heterocycles. The van der Waals surface area contributed by atoms with Gasteiger partial charge < -0.3 is 14.4 Å². The van der Waals surface area contributed by atoms with Gasteiger partial charge in [0.25, 0.3) is 11.4 Å². The van der Waals surface area contributed by atoms with Crippen molar-refractivity contribution in [1.29, 1.82) is 0 Å². The molecule has 1 N–H and O–H groups in total. The zero-order valence-corrected chi connectivity index (χ0v) is 19.7. The van der Waals surface area contributed by atoms with Gasteiger partial charge in [-0.3, -0.25) is 9.59 Å². The second kappa shape index (κ2) is 9.05. The van der Waals surface area contributed by atoms with Gasteiger partial charge in [-0.05, 0) is 81.6 Å². The number of rotatable bonds is 5. The van der Waals surface area contributed by atoms with Gasteiger partial charge in [-0.25, -0.2) is 4.39 Å². The summed E-state index contributed by atoms with van der Waals surface area (Å²) in [6.45, 7) is 9.25. The van der Waals surface area contributed by atoms with Gasteiger partial charge in [-0.15, -0.1) is 0 Å². The smallest absolute Gasteiger partial charge is 0.264 e. The molecule has 0 bridgehead atoms. The van der Waals surface area contributed by atoms with E-state index < -0.39 is 5.56 Å². The van der Waals surface area contributed by atoms with Crippen molar-refractivity contribution in [3.05, 3.63) is 86.6 Å². The Balaban J connectivity index is 1.66. The fourth-order valence-corrected chi connectivity index (χ4v) is 4.12. The Morgan fingerprint density at radius 2 is 1.65 bits per heavy atom. The predicted octanol–water partition coefficient (Wildman–Crippen LogP) is 4.89. The Labute approximate surface area is 196 Å². The van der Waals surface area contributed by atoms with Crippen LogP contribution in [0.4, 0.5) is 10.1 Å². The SMILES string of the molecule is Cc1cc(C)c(NC(=O)Cn2c(C)cc(C)c(-c3nc(-c4ccc(F)cc4)no3)c2=O)c(C)c1. The summed E-state index contributed by atoms with van der Waals surface area (Å²) in [5, 5.41) is 6.87. The third kappa shape index (κ3) is 4.52. The highest BCUT2D eigenvalue weighted by Gasteiger charge is 2.20. The third-order valence-electron chi connectivity index (χ3n) is 5.69. The highest BCUT2D eigenvalue weighted by Crippen LogP contribution is 2.24. The number of amides is 1. The largest absolute Gasteiger partial charge is 0.333 e. The Kier molecular flexibility index (Phi) is 6.15. The summed E-state index contributed by atoms with van der Waals surface area (Å²) < 4.78 is 20.0. The molecule has 0 atom stereocenters. The Morgan fingerprint density at radius 3 is 2.29 bits per heavy atom. The highest BCUT2D eigenvalue weighted by atomic mass is 19.1. The molecule has 2 aromatic heterocycles. The Bertz CT molecular complexity index is 1430. The average molecular weight is 461 g/mol. The van der Waals surface area contributed by atoms with Gasteiger partial charge in [-0.1, -0.05) is 22.9 Å². The lowest BCUT2D eigenvalue weighted by Gasteiger charge is -2.15. The Morgan fingerprint density at radius 1 is 1.00 bits per heavy atom. The van der Waals surface area contributed by atoms with Crippen LogP contribution >= 0.6 is 0 Å². The maximum Gasteiger partial charge on any atom is 0.264 e. The van der Waals surface area contributed by atoms with Crippen molar-refractivity contribution in [3.63, 3.8) is 0 Å². The van der Waals surface area contributed by atoms with Crippen molar-refractivity contribution < 1.29 is 13.7 Å².